The minimum atomic E-state index is -1.99. The van der Waals surface area contributed by atoms with Gasteiger partial charge < -0.3 is 89.9 Å². The Morgan fingerprint density at radius 1 is 0.385 bits per heavy atom. The molecule has 19 nitrogen and oxygen atoms in total. The number of carbonyl (C=O) groups excluding carboxylic acids is 1. The van der Waals surface area contributed by atoms with Gasteiger partial charge in [0.25, 0.3) is 0 Å². The van der Waals surface area contributed by atoms with Gasteiger partial charge in [0, 0.05) is 6.42 Å². The Kier molecular flexibility index (Phi) is 50.8. The lowest BCUT2D eigenvalue weighted by Gasteiger charge is -2.48. The van der Waals surface area contributed by atoms with Crippen molar-refractivity contribution in [3.8, 4) is 0 Å². The molecule has 548 valence electrons. The van der Waals surface area contributed by atoms with Crippen molar-refractivity contribution in [2.24, 2.45) is 0 Å². The Morgan fingerprint density at radius 2 is 0.729 bits per heavy atom. The maximum absolute atomic E-state index is 13.4. The molecule has 3 aliphatic rings. The second-order valence-corrected chi connectivity index (χ2v) is 25.3. The first kappa shape index (κ1) is 86.2. The predicted molar refractivity (Wildman–Crippen MR) is 378 cm³/mol. The second kappa shape index (κ2) is 56.7. The fourth-order valence-electron chi connectivity index (χ4n) is 11.3. The molecule has 19 heteroatoms. The third kappa shape index (κ3) is 37.4. The van der Waals surface area contributed by atoms with Gasteiger partial charge in [0.05, 0.1) is 38.6 Å². The third-order valence-corrected chi connectivity index (χ3v) is 17.2. The van der Waals surface area contributed by atoms with E-state index < -0.39 is 124 Å². The van der Waals surface area contributed by atoms with Crippen molar-refractivity contribution in [3.05, 3.63) is 134 Å². The summed E-state index contributed by atoms with van der Waals surface area (Å²) in [5.41, 5.74) is 0. The van der Waals surface area contributed by atoms with E-state index in [9.17, 15) is 61.0 Å². The van der Waals surface area contributed by atoms with Crippen molar-refractivity contribution in [2.75, 3.05) is 26.4 Å². The maximum Gasteiger partial charge on any atom is 0.220 e. The number of carbonyl (C=O) groups is 1. The first-order valence-electron chi connectivity index (χ1n) is 36.4. The van der Waals surface area contributed by atoms with Gasteiger partial charge in [0.15, 0.2) is 18.9 Å². The van der Waals surface area contributed by atoms with Crippen molar-refractivity contribution in [1.82, 2.24) is 5.32 Å². The van der Waals surface area contributed by atoms with Crippen LogP contribution in [0, 0.1) is 0 Å². The van der Waals surface area contributed by atoms with Gasteiger partial charge >= 0.3 is 0 Å². The first-order valence-corrected chi connectivity index (χ1v) is 36.4. The number of nitrogens with one attached hydrogen (secondary N) is 1. The van der Waals surface area contributed by atoms with Crippen molar-refractivity contribution >= 4 is 5.91 Å². The average molecular weight is 1350 g/mol. The van der Waals surface area contributed by atoms with E-state index in [1.165, 1.54) is 83.5 Å². The molecule has 0 radical (unpaired) electrons. The molecule has 3 heterocycles. The Morgan fingerprint density at radius 3 is 1.17 bits per heavy atom. The summed E-state index contributed by atoms with van der Waals surface area (Å²) in [6.45, 7) is 1.56. The first-order chi connectivity index (χ1) is 46.8. The molecule has 96 heavy (non-hydrogen) atoms. The molecular weight excluding hydrogens is 1230 g/mol. The highest BCUT2D eigenvalue weighted by atomic mass is 16.8. The van der Waals surface area contributed by atoms with Crippen LogP contribution in [0.3, 0.4) is 0 Å². The Hall–Kier alpha value is -4.07. The molecule has 0 aromatic carbocycles. The topological polar surface area (TPSA) is 307 Å². The molecule has 0 aromatic heterocycles. The fourth-order valence-corrected chi connectivity index (χ4v) is 11.3. The third-order valence-electron chi connectivity index (χ3n) is 17.2. The van der Waals surface area contributed by atoms with Crippen molar-refractivity contribution in [3.63, 3.8) is 0 Å². The van der Waals surface area contributed by atoms with E-state index in [0.29, 0.717) is 12.8 Å². The number of unbranched alkanes of at least 4 members (excludes halogenated alkanes) is 18. The Bertz CT molecular complexity index is 2260. The van der Waals surface area contributed by atoms with Gasteiger partial charge in [-0.15, -0.1) is 0 Å². The molecule has 17 atom stereocenters. The highest BCUT2D eigenvalue weighted by molar-refractivity contribution is 5.76. The molecule has 0 bridgehead atoms. The molecule has 17 unspecified atom stereocenters. The van der Waals surface area contributed by atoms with Gasteiger partial charge in [-0.1, -0.05) is 237 Å². The molecule has 0 aromatic rings. The van der Waals surface area contributed by atoms with Gasteiger partial charge in [-0.3, -0.25) is 4.79 Å². The second-order valence-electron chi connectivity index (χ2n) is 25.3. The molecule has 0 saturated carbocycles. The largest absolute Gasteiger partial charge is 0.394 e. The van der Waals surface area contributed by atoms with Crippen LogP contribution in [0.2, 0.25) is 0 Å². The van der Waals surface area contributed by atoms with Crippen LogP contribution in [-0.2, 0) is 33.2 Å². The van der Waals surface area contributed by atoms with E-state index in [1.807, 2.05) is 6.08 Å². The van der Waals surface area contributed by atoms with Crippen LogP contribution in [0.15, 0.2) is 134 Å². The van der Waals surface area contributed by atoms with Crippen molar-refractivity contribution < 1.29 is 89.4 Å². The summed E-state index contributed by atoms with van der Waals surface area (Å²) in [5.74, 6) is -0.323. The SMILES string of the molecule is CC/C=C\C/C=C\C/C=C\C/C=C\C/C=C\C/C=C\C/C=C\C/C=C\C/C=C\CCCCCC(=O)NC(COC1OC(CO)C(OC2OC(CO)C(OC3OC(CO)C(O)C(O)C3O)C(O)C2O)C(O)C1O)C(O)/C=C/CC/C=C/CCCCCCCCCCCCCCCC. The summed E-state index contributed by atoms with van der Waals surface area (Å²) in [7, 11) is 0. The minimum Gasteiger partial charge on any atom is -0.394 e. The number of allylic oxidation sites excluding steroid dienone is 21. The number of amides is 1. The molecule has 0 aliphatic carbocycles. The van der Waals surface area contributed by atoms with E-state index in [2.05, 4.69) is 141 Å². The molecule has 0 spiro atoms. The van der Waals surface area contributed by atoms with Gasteiger partial charge in [-0.05, 0) is 103 Å². The summed E-state index contributed by atoms with van der Waals surface area (Å²) in [6.07, 6.45) is 52.8. The van der Waals surface area contributed by atoms with E-state index >= 15 is 0 Å². The number of aliphatic hydroxyl groups excluding tert-OH is 11. The van der Waals surface area contributed by atoms with Crippen molar-refractivity contribution in [2.45, 2.75) is 317 Å². The van der Waals surface area contributed by atoms with Crippen molar-refractivity contribution in [1.29, 1.82) is 0 Å². The van der Waals surface area contributed by atoms with Crippen LogP contribution in [0.4, 0.5) is 0 Å². The number of aliphatic hydroxyl groups is 11. The smallest absolute Gasteiger partial charge is 0.220 e. The highest BCUT2D eigenvalue weighted by Crippen LogP contribution is 2.33. The molecule has 3 fully saturated rings. The van der Waals surface area contributed by atoms with Crippen LogP contribution in [-0.4, -0.2) is 193 Å². The van der Waals surface area contributed by atoms with Crippen LogP contribution in [0.1, 0.15) is 213 Å². The summed E-state index contributed by atoms with van der Waals surface area (Å²) in [4.78, 5) is 13.4. The highest BCUT2D eigenvalue weighted by Gasteiger charge is 2.53. The number of rotatable bonds is 54. The number of hydrogen-bond donors (Lipinski definition) is 12. The van der Waals surface area contributed by atoms with Crippen LogP contribution in [0.5, 0.6) is 0 Å². The summed E-state index contributed by atoms with van der Waals surface area (Å²) < 4.78 is 34.3. The van der Waals surface area contributed by atoms with Gasteiger partial charge in [0.2, 0.25) is 5.91 Å². The standard InChI is InChI=1S/C77H127NO18/c1-3-5-7-9-11-13-15-17-19-21-23-25-26-27-28-29-30-31-32-33-34-35-37-39-41-43-45-47-49-51-53-55-65(83)78-60(61(82)54-52-50-48-46-44-42-40-38-36-24-22-20-18-16-14-12-10-8-6-4-2)59-91-75-71(89)68(86)73(63(57-80)93-75)96-77-72(90)69(87)74(64(58-81)94-77)95-76-70(88)67(85)66(84)62(56-79)92-76/h5,7,11,13,17,19,23,25,27-28,30-31,33-34,37,39,43-46,52,54,60-64,66-77,79-82,84-90H,3-4,6,8-10,12,14-16,18,20-22,24,26,29,32,35-36,38,40-42,47-51,53,55-59H2,1-2H3,(H,78,83)/b7-5-,13-11-,19-17-,25-23-,28-27-,31-30-,34-33-,39-37-,45-43-,46-44+,54-52+. The zero-order valence-electron chi connectivity index (χ0n) is 58.0. The Balaban J connectivity index is 1.45. The van der Waals surface area contributed by atoms with E-state index in [4.69, 9.17) is 28.4 Å². The number of ether oxygens (including phenoxy) is 6. The lowest BCUT2D eigenvalue weighted by molar-refractivity contribution is -0.379. The van der Waals surface area contributed by atoms with Gasteiger partial charge in [0.1, 0.15) is 73.2 Å². The quantitative estimate of drug-likeness (QED) is 0.0199. The Labute approximate surface area is 575 Å². The molecule has 3 saturated heterocycles. The van der Waals surface area contributed by atoms with E-state index in [-0.39, 0.29) is 18.9 Å². The average Bonchev–Trinajstić information content (AvgIpc) is 0.786. The lowest BCUT2D eigenvalue weighted by atomic mass is 9.96. The normalized spacial score (nSPS) is 27.9. The maximum atomic E-state index is 13.4. The molecule has 1 amide bonds. The van der Waals surface area contributed by atoms with E-state index in [0.717, 1.165) is 96.3 Å². The zero-order chi connectivity index (χ0) is 69.6. The molecule has 12 N–H and O–H groups in total. The number of hydrogen-bond acceptors (Lipinski definition) is 18. The summed E-state index contributed by atoms with van der Waals surface area (Å²) in [6, 6.07) is -1.02. The van der Waals surface area contributed by atoms with E-state index in [1.54, 1.807) is 6.08 Å². The summed E-state index contributed by atoms with van der Waals surface area (Å²) in [5, 5.41) is 121. The molecule has 3 rings (SSSR count). The van der Waals surface area contributed by atoms with Gasteiger partial charge in [-0.25, -0.2) is 0 Å². The van der Waals surface area contributed by atoms with Crippen LogP contribution >= 0.6 is 0 Å². The lowest BCUT2D eigenvalue weighted by Crippen LogP contribution is -2.66. The van der Waals surface area contributed by atoms with Crippen LogP contribution < -0.4 is 5.32 Å². The fraction of sp³-hybridized carbons (Fsp3) is 0.701. The monoisotopic (exact) mass is 1350 g/mol. The molecular formula is C77H127NO18. The predicted octanol–water partition coefficient (Wildman–Crippen LogP) is 10.5. The van der Waals surface area contributed by atoms with Gasteiger partial charge in [-0.2, -0.15) is 0 Å². The zero-order valence-corrected chi connectivity index (χ0v) is 58.0. The van der Waals surface area contributed by atoms with Crippen LogP contribution in [0.25, 0.3) is 0 Å². The molecule has 3 aliphatic heterocycles. The minimum absolute atomic E-state index is 0.186. The summed E-state index contributed by atoms with van der Waals surface area (Å²) >= 11 is 0.